The first-order valence-corrected chi connectivity index (χ1v) is 5.84. The van der Waals surface area contributed by atoms with E-state index in [0.717, 1.165) is 27.9 Å². The van der Waals surface area contributed by atoms with E-state index < -0.39 is 0 Å². The topological polar surface area (TPSA) is 41.6 Å². The average Bonchev–Trinajstić information content (AvgIpc) is 2.61. The van der Waals surface area contributed by atoms with Crippen molar-refractivity contribution in [1.29, 1.82) is 0 Å². The quantitative estimate of drug-likeness (QED) is 0.906. The van der Waals surface area contributed by atoms with Crippen LogP contribution in [0.4, 0.5) is 0 Å². The SMILES string of the molecule is CCC(C)(C)c1nc2ncc(Br)cc2[nH]1. The molecule has 80 valence electrons. The fourth-order valence-corrected chi connectivity index (χ4v) is 1.69. The molecule has 1 N–H and O–H groups in total. The van der Waals surface area contributed by atoms with Gasteiger partial charge >= 0.3 is 0 Å². The third-order valence-electron chi connectivity index (χ3n) is 2.83. The number of halogens is 1. The highest BCUT2D eigenvalue weighted by Crippen LogP contribution is 2.26. The van der Waals surface area contributed by atoms with Gasteiger partial charge in [-0.05, 0) is 28.4 Å². The highest BCUT2D eigenvalue weighted by Gasteiger charge is 2.22. The Morgan fingerprint density at radius 1 is 1.47 bits per heavy atom. The van der Waals surface area contributed by atoms with Crippen LogP contribution in [0.3, 0.4) is 0 Å². The normalized spacial score (nSPS) is 12.3. The zero-order chi connectivity index (χ0) is 11.1. The van der Waals surface area contributed by atoms with E-state index in [2.05, 4.69) is 51.7 Å². The molecule has 0 radical (unpaired) electrons. The maximum Gasteiger partial charge on any atom is 0.177 e. The summed E-state index contributed by atoms with van der Waals surface area (Å²) in [6.45, 7) is 6.52. The molecule has 0 saturated carbocycles. The van der Waals surface area contributed by atoms with Gasteiger partial charge in [0.1, 0.15) is 5.82 Å². The Kier molecular flexibility index (Phi) is 2.54. The van der Waals surface area contributed by atoms with Gasteiger partial charge in [0.15, 0.2) is 5.65 Å². The summed E-state index contributed by atoms with van der Waals surface area (Å²) in [5.41, 5.74) is 1.85. The molecule has 0 aliphatic heterocycles. The second kappa shape index (κ2) is 3.59. The van der Waals surface area contributed by atoms with Crippen molar-refractivity contribution in [3.05, 3.63) is 22.6 Å². The van der Waals surface area contributed by atoms with Gasteiger partial charge in [0.2, 0.25) is 0 Å². The Morgan fingerprint density at radius 2 is 2.20 bits per heavy atom. The van der Waals surface area contributed by atoms with Gasteiger partial charge in [-0.3, -0.25) is 0 Å². The molecule has 0 amide bonds. The molecular weight excluding hydrogens is 254 g/mol. The van der Waals surface area contributed by atoms with E-state index in [1.165, 1.54) is 0 Å². The van der Waals surface area contributed by atoms with Crippen LogP contribution in [-0.4, -0.2) is 15.0 Å². The van der Waals surface area contributed by atoms with Crippen LogP contribution in [0.1, 0.15) is 33.0 Å². The van der Waals surface area contributed by atoms with Crippen molar-refractivity contribution in [3.63, 3.8) is 0 Å². The number of imidazole rings is 1. The van der Waals surface area contributed by atoms with E-state index in [-0.39, 0.29) is 5.41 Å². The first kappa shape index (κ1) is 10.6. The first-order chi connectivity index (χ1) is 7.03. The molecule has 2 aromatic heterocycles. The molecule has 2 heterocycles. The molecule has 0 aliphatic rings. The second-order valence-electron chi connectivity index (χ2n) is 4.35. The van der Waals surface area contributed by atoms with Gasteiger partial charge in [-0.25, -0.2) is 9.97 Å². The smallest absolute Gasteiger partial charge is 0.177 e. The summed E-state index contributed by atoms with van der Waals surface area (Å²) in [6.07, 6.45) is 2.82. The summed E-state index contributed by atoms with van der Waals surface area (Å²) < 4.78 is 0.972. The molecule has 15 heavy (non-hydrogen) atoms. The predicted molar refractivity (Wildman–Crippen MR) is 64.9 cm³/mol. The maximum absolute atomic E-state index is 4.51. The maximum atomic E-state index is 4.51. The number of nitrogens with zero attached hydrogens (tertiary/aromatic N) is 2. The third-order valence-corrected chi connectivity index (χ3v) is 3.26. The van der Waals surface area contributed by atoms with Crippen molar-refractivity contribution < 1.29 is 0 Å². The summed E-state index contributed by atoms with van der Waals surface area (Å²) in [5.74, 6) is 1.01. The van der Waals surface area contributed by atoms with Crippen LogP contribution < -0.4 is 0 Å². The summed E-state index contributed by atoms with van der Waals surface area (Å²) >= 11 is 3.40. The number of pyridine rings is 1. The minimum absolute atomic E-state index is 0.0766. The lowest BCUT2D eigenvalue weighted by Gasteiger charge is -2.18. The van der Waals surface area contributed by atoms with E-state index in [0.29, 0.717) is 0 Å². The van der Waals surface area contributed by atoms with Crippen LogP contribution >= 0.6 is 15.9 Å². The van der Waals surface area contributed by atoms with Gasteiger partial charge in [0, 0.05) is 16.1 Å². The number of aromatic amines is 1. The predicted octanol–water partition coefficient (Wildman–Crippen LogP) is 3.41. The molecule has 0 saturated heterocycles. The summed E-state index contributed by atoms with van der Waals surface area (Å²) in [4.78, 5) is 12.1. The van der Waals surface area contributed by atoms with Crippen molar-refractivity contribution in [1.82, 2.24) is 15.0 Å². The molecule has 0 bridgehead atoms. The lowest BCUT2D eigenvalue weighted by Crippen LogP contribution is -2.17. The number of fused-ring (bicyclic) bond motifs is 1. The van der Waals surface area contributed by atoms with Crippen LogP contribution in [0, 0.1) is 0 Å². The third kappa shape index (κ3) is 1.91. The van der Waals surface area contributed by atoms with Crippen molar-refractivity contribution >= 4 is 27.1 Å². The Labute approximate surface area is 97.5 Å². The van der Waals surface area contributed by atoms with Crippen LogP contribution in [-0.2, 0) is 5.41 Å². The van der Waals surface area contributed by atoms with Gasteiger partial charge in [-0.15, -0.1) is 0 Å². The minimum atomic E-state index is 0.0766. The van der Waals surface area contributed by atoms with E-state index in [4.69, 9.17) is 0 Å². The van der Waals surface area contributed by atoms with Crippen molar-refractivity contribution in [2.24, 2.45) is 0 Å². The minimum Gasteiger partial charge on any atom is -0.340 e. The number of H-pyrrole nitrogens is 1. The largest absolute Gasteiger partial charge is 0.340 e. The molecule has 4 heteroatoms. The summed E-state index contributed by atoms with van der Waals surface area (Å²) in [6, 6.07) is 2.00. The number of aromatic nitrogens is 3. The Balaban J connectivity index is 2.56. The van der Waals surface area contributed by atoms with Crippen LogP contribution in [0.5, 0.6) is 0 Å². The van der Waals surface area contributed by atoms with E-state index >= 15 is 0 Å². The van der Waals surface area contributed by atoms with Crippen LogP contribution in [0.15, 0.2) is 16.7 Å². The Morgan fingerprint density at radius 3 is 2.87 bits per heavy atom. The van der Waals surface area contributed by atoms with Gasteiger partial charge in [0.05, 0.1) is 5.52 Å². The zero-order valence-electron chi connectivity index (χ0n) is 9.13. The molecule has 3 nitrogen and oxygen atoms in total. The molecule has 0 fully saturated rings. The highest BCUT2D eigenvalue weighted by atomic mass is 79.9. The number of hydrogen-bond donors (Lipinski definition) is 1. The van der Waals surface area contributed by atoms with E-state index in [1.54, 1.807) is 6.20 Å². The zero-order valence-corrected chi connectivity index (χ0v) is 10.7. The van der Waals surface area contributed by atoms with Gasteiger partial charge in [-0.2, -0.15) is 0 Å². The van der Waals surface area contributed by atoms with E-state index in [9.17, 15) is 0 Å². The molecule has 0 unspecified atom stereocenters. The highest BCUT2D eigenvalue weighted by molar-refractivity contribution is 9.10. The van der Waals surface area contributed by atoms with E-state index in [1.807, 2.05) is 6.07 Å². The Bertz CT molecular complexity index is 488. The molecule has 0 aromatic carbocycles. The van der Waals surface area contributed by atoms with Crippen molar-refractivity contribution in [3.8, 4) is 0 Å². The van der Waals surface area contributed by atoms with Gasteiger partial charge in [0.25, 0.3) is 0 Å². The lowest BCUT2D eigenvalue weighted by molar-refractivity contribution is 0.479. The fraction of sp³-hybridized carbons (Fsp3) is 0.455. The molecule has 0 aliphatic carbocycles. The molecular formula is C11H14BrN3. The molecule has 0 atom stereocenters. The fourth-order valence-electron chi connectivity index (χ4n) is 1.36. The summed E-state index contributed by atoms with van der Waals surface area (Å²) in [7, 11) is 0. The molecule has 2 rings (SSSR count). The average molecular weight is 268 g/mol. The molecule has 0 spiro atoms. The van der Waals surface area contributed by atoms with Gasteiger partial charge < -0.3 is 4.98 Å². The van der Waals surface area contributed by atoms with Crippen molar-refractivity contribution in [2.75, 3.05) is 0 Å². The monoisotopic (exact) mass is 267 g/mol. The van der Waals surface area contributed by atoms with Crippen molar-refractivity contribution in [2.45, 2.75) is 32.6 Å². The van der Waals surface area contributed by atoms with Gasteiger partial charge in [-0.1, -0.05) is 20.8 Å². The second-order valence-corrected chi connectivity index (χ2v) is 5.26. The van der Waals surface area contributed by atoms with Crippen LogP contribution in [0.25, 0.3) is 11.2 Å². The number of nitrogens with one attached hydrogen (secondary N) is 1. The first-order valence-electron chi connectivity index (χ1n) is 5.04. The number of rotatable bonds is 2. The summed E-state index contributed by atoms with van der Waals surface area (Å²) in [5, 5.41) is 0. The Hall–Kier alpha value is -0.900. The molecule has 2 aromatic rings. The standard InChI is InChI=1S/C11H14BrN3/c1-4-11(2,3)10-14-8-5-7(12)6-13-9(8)15-10/h5-6H,4H2,1-3H3,(H,13,14,15). The van der Waals surface area contributed by atoms with Crippen LogP contribution in [0.2, 0.25) is 0 Å². The lowest BCUT2D eigenvalue weighted by atomic mass is 9.90. The number of hydrogen-bond acceptors (Lipinski definition) is 2.